The first-order chi connectivity index (χ1) is 4.79. The van der Waals surface area contributed by atoms with Crippen LogP contribution in [0.3, 0.4) is 0 Å². The maximum absolute atomic E-state index is 10.6. The van der Waals surface area contributed by atoms with Crippen LogP contribution in [0.1, 0.15) is 12.8 Å². The van der Waals surface area contributed by atoms with Gasteiger partial charge in [-0.05, 0) is 0 Å². The second kappa shape index (κ2) is 3.61. The van der Waals surface area contributed by atoms with Gasteiger partial charge in [0.05, 0.1) is 12.8 Å². The molecule has 0 aromatic heterocycles. The molecule has 1 heterocycles. The monoisotopic (exact) mass is 160 g/mol. The summed E-state index contributed by atoms with van der Waals surface area (Å²) >= 11 is 1.61. The molecular formula is C6H8O3S. The van der Waals surface area contributed by atoms with E-state index in [1.807, 2.05) is 0 Å². The summed E-state index contributed by atoms with van der Waals surface area (Å²) in [6, 6.07) is 0. The van der Waals surface area contributed by atoms with E-state index >= 15 is 0 Å². The topological polar surface area (TPSA) is 43.4 Å². The van der Waals surface area contributed by atoms with Crippen LogP contribution >= 0.6 is 11.8 Å². The summed E-state index contributed by atoms with van der Waals surface area (Å²) in [6.45, 7) is 0. The van der Waals surface area contributed by atoms with Crippen LogP contribution in [0, 0.1) is 0 Å². The smallest absolute Gasteiger partial charge is 0.314 e. The summed E-state index contributed by atoms with van der Waals surface area (Å²) in [5.74, 6) is 0.757. The summed E-state index contributed by atoms with van der Waals surface area (Å²) in [5, 5.41) is 0. The van der Waals surface area contributed by atoms with Crippen molar-refractivity contribution in [2.24, 2.45) is 0 Å². The highest BCUT2D eigenvalue weighted by molar-refractivity contribution is 7.99. The van der Waals surface area contributed by atoms with E-state index in [1.54, 1.807) is 11.8 Å². The van der Waals surface area contributed by atoms with E-state index in [9.17, 15) is 9.59 Å². The summed E-state index contributed by atoms with van der Waals surface area (Å²) in [4.78, 5) is 21.2. The number of hydrogen-bond acceptors (Lipinski definition) is 4. The lowest BCUT2D eigenvalue weighted by Crippen LogP contribution is -2.15. The Morgan fingerprint density at radius 1 is 1.10 bits per heavy atom. The second-order valence-electron chi connectivity index (χ2n) is 1.96. The predicted molar refractivity (Wildman–Crippen MR) is 37.7 cm³/mol. The number of esters is 2. The zero-order valence-electron chi connectivity index (χ0n) is 5.46. The van der Waals surface area contributed by atoms with Crippen LogP contribution < -0.4 is 0 Å². The van der Waals surface area contributed by atoms with Gasteiger partial charge < -0.3 is 4.74 Å². The van der Waals surface area contributed by atoms with Crippen molar-refractivity contribution in [3.63, 3.8) is 0 Å². The molecule has 0 atom stereocenters. The van der Waals surface area contributed by atoms with Gasteiger partial charge >= 0.3 is 11.9 Å². The molecule has 0 aliphatic carbocycles. The van der Waals surface area contributed by atoms with Crippen molar-refractivity contribution in [1.82, 2.24) is 0 Å². The van der Waals surface area contributed by atoms with Gasteiger partial charge in [0.2, 0.25) is 0 Å². The number of hydrogen-bond donors (Lipinski definition) is 0. The first kappa shape index (κ1) is 7.60. The van der Waals surface area contributed by atoms with E-state index in [0.717, 1.165) is 11.5 Å². The predicted octanol–water partition coefficient (Wildman–Crippen LogP) is 0.583. The molecule has 10 heavy (non-hydrogen) atoms. The molecule has 0 radical (unpaired) electrons. The average Bonchev–Trinajstić information content (AvgIpc) is 1.83. The van der Waals surface area contributed by atoms with Crippen LogP contribution in [-0.4, -0.2) is 23.4 Å². The Bertz CT molecular complexity index is 139. The minimum atomic E-state index is -0.391. The molecule has 0 aromatic carbocycles. The van der Waals surface area contributed by atoms with Crippen LogP contribution in [0.4, 0.5) is 0 Å². The molecule has 0 unspecified atom stereocenters. The number of thioether (sulfide) groups is 1. The molecule has 0 saturated carbocycles. The third kappa shape index (κ3) is 2.39. The lowest BCUT2D eigenvalue weighted by molar-refractivity contribution is -0.159. The molecular weight excluding hydrogens is 152 g/mol. The minimum Gasteiger partial charge on any atom is -0.393 e. The molecule has 1 aliphatic heterocycles. The largest absolute Gasteiger partial charge is 0.393 e. The van der Waals surface area contributed by atoms with Gasteiger partial charge in [-0.3, -0.25) is 9.59 Å². The quantitative estimate of drug-likeness (QED) is 0.384. The van der Waals surface area contributed by atoms with E-state index in [4.69, 9.17) is 0 Å². The molecule has 1 saturated heterocycles. The summed E-state index contributed by atoms with van der Waals surface area (Å²) in [6.07, 6.45) is 0.715. The van der Waals surface area contributed by atoms with E-state index in [0.29, 0.717) is 12.8 Å². The van der Waals surface area contributed by atoms with Gasteiger partial charge in [-0.15, -0.1) is 0 Å². The van der Waals surface area contributed by atoms with Crippen molar-refractivity contribution in [3.8, 4) is 0 Å². The van der Waals surface area contributed by atoms with Gasteiger partial charge in [0.15, 0.2) is 0 Å². The third-order valence-electron chi connectivity index (χ3n) is 1.13. The van der Waals surface area contributed by atoms with Crippen molar-refractivity contribution < 1.29 is 14.3 Å². The van der Waals surface area contributed by atoms with E-state index < -0.39 is 11.9 Å². The first-order valence-corrected chi connectivity index (χ1v) is 4.26. The average molecular weight is 160 g/mol. The van der Waals surface area contributed by atoms with E-state index in [-0.39, 0.29) is 0 Å². The molecule has 56 valence electrons. The molecule has 3 nitrogen and oxygen atoms in total. The van der Waals surface area contributed by atoms with Crippen molar-refractivity contribution in [2.75, 3.05) is 11.5 Å². The number of rotatable bonds is 0. The molecule has 1 rings (SSSR count). The standard InChI is InChI=1S/C6H8O3S/c7-5-1-3-10-4-2-6(8)9-5/h1-4H2. The van der Waals surface area contributed by atoms with Gasteiger partial charge in [-0.1, -0.05) is 0 Å². The molecule has 0 N–H and O–H groups in total. The Labute approximate surface area is 63.1 Å². The number of cyclic esters (lactones) is 2. The van der Waals surface area contributed by atoms with Crippen LogP contribution in [0.2, 0.25) is 0 Å². The van der Waals surface area contributed by atoms with Crippen molar-refractivity contribution in [2.45, 2.75) is 12.8 Å². The van der Waals surface area contributed by atoms with Crippen LogP contribution in [0.25, 0.3) is 0 Å². The van der Waals surface area contributed by atoms with Crippen molar-refractivity contribution in [1.29, 1.82) is 0 Å². The van der Waals surface area contributed by atoms with Gasteiger partial charge in [0.1, 0.15) is 0 Å². The SMILES string of the molecule is O=C1CCSCCC(=O)O1. The van der Waals surface area contributed by atoms with Gasteiger partial charge in [0.25, 0.3) is 0 Å². The highest BCUT2D eigenvalue weighted by Crippen LogP contribution is 2.09. The Kier molecular flexibility index (Phi) is 2.74. The Balaban J connectivity index is 2.40. The Morgan fingerprint density at radius 3 is 2.10 bits per heavy atom. The molecule has 0 bridgehead atoms. The Hall–Kier alpha value is -0.510. The van der Waals surface area contributed by atoms with Crippen LogP contribution in [0.5, 0.6) is 0 Å². The zero-order valence-corrected chi connectivity index (χ0v) is 6.28. The van der Waals surface area contributed by atoms with Gasteiger partial charge in [-0.2, -0.15) is 11.8 Å². The van der Waals surface area contributed by atoms with E-state index in [2.05, 4.69) is 4.74 Å². The maximum Gasteiger partial charge on any atom is 0.314 e. The van der Waals surface area contributed by atoms with Crippen molar-refractivity contribution in [3.05, 3.63) is 0 Å². The minimum absolute atomic E-state index is 0.358. The van der Waals surface area contributed by atoms with Crippen molar-refractivity contribution >= 4 is 23.7 Å². The fourth-order valence-corrected chi connectivity index (χ4v) is 1.47. The first-order valence-electron chi connectivity index (χ1n) is 3.10. The normalized spacial score (nSPS) is 21.2. The zero-order chi connectivity index (χ0) is 7.40. The molecule has 0 spiro atoms. The lowest BCUT2D eigenvalue weighted by Gasteiger charge is -2.06. The summed E-state index contributed by atoms with van der Waals surface area (Å²) < 4.78 is 4.40. The van der Waals surface area contributed by atoms with Gasteiger partial charge in [0, 0.05) is 11.5 Å². The molecule has 0 aromatic rings. The summed E-state index contributed by atoms with van der Waals surface area (Å²) in [5.41, 5.74) is 0. The fraction of sp³-hybridized carbons (Fsp3) is 0.667. The van der Waals surface area contributed by atoms with E-state index in [1.165, 1.54) is 0 Å². The second-order valence-corrected chi connectivity index (χ2v) is 3.18. The number of carbonyl (C=O) groups is 2. The Morgan fingerprint density at radius 2 is 1.60 bits per heavy atom. The molecule has 1 fully saturated rings. The molecule has 1 aliphatic rings. The van der Waals surface area contributed by atoms with Crippen LogP contribution in [0.15, 0.2) is 0 Å². The van der Waals surface area contributed by atoms with Crippen LogP contribution in [-0.2, 0) is 14.3 Å². The maximum atomic E-state index is 10.6. The number of ether oxygens (including phenoxy) is 1. The summed E-state index contributed by atoms with van der Waals surface area (Å²) in [7, 11) is 0. The number of carbonyl (C=O) groups excluding carboxylic acids is 2. The molecule has 0 amide bonds. The van der Waals surface area contributed by atoms with Gasteiger partial charge in [-0.25, -0.2) is 0 Å². The third-order valence-corrected chi connectivity index (χ3v) is 2.11. The fourth-order valence-electron chi connectivity index (χ4n) is 0.642. The lowest BCUT2D eigenvalue weighted by atomic mass is 10.4. The highest BCUT2D eigenvalue weighted by Gasteiger charge is 2.12. The molecule has 4 heteroatoms. The highest BCUT2D eigenvalue weighted by atomic mass is 32.2.